The first kappa shape index (κ1) is 15.8. The Hall–Kier alpha value is -1.29. The molecule has 19 heavy (non-hydrogen) atoms. The molecular formula is C15H24O3Si. The van der Waals surface area contributed by atoms with Crippen LogP contribution in [0.5, 0.6) is 5.75 Å². The van der Waals surface area contributed by atoms with Crippen LogP contribution >= 0.6 is 0 Å². The Morgan fingerprint density at radius 1 is 1.32 bits per heavy atom. The summed E-state index contributed by atoms with van der Waals surface area (Å²) < 4.78 is 6.18. The van der Waals surface area contributed by atoms with E-state index >= 15 is 0 Å². The lowest BCUT2D eigenvalue weighted by atomic mass is 10.0. The van der Waals surface area contributed by atoms with Gasteiger partial charge in [0.25, 0.3) is 0 Å². The van der Waals surface area contributed by atoms with Gasteiger partial charge < -0.3 is 9.53 Å². The summed E-state index contributed by atoms with van der Waals surface area (Å²) >= 11 is 0. The first-order valence-corrected chi connectivity index (χ1v) is 9.47. The molecule has 0 saturated carbocycles. The predicted octanol–water partition coefficient (Wildman–Crippen LogP) is 4.26. The van der Waals surface area contributed by atoms with Gasteiger partial charge in [-0.05, 0) is 42.8 Å². The fourth-order valence-corrected chi connectivity index (χ4v) is 2.46. The van der Waals surface area contributed by atoms with Gasteiger partial charge >= 0.3 is 5.97 Å². The molecule has 1 aromatic rings. The number of carbonyl (C=O) groups is 1. The lowest BCUT2D eigenvalue weighted by molar-refractivity contribution is -0.138. The Balaban J connectivity index is 2.98. The van der Waals surface area contributed by atoms with E-state index < -0.39 is 20.2 Å². The average Bonchev–Trinajstić information content (AvgIpc) is 2.26. The number of hydrogen-bond donors (Lipinski definition) is 1. The molecule has 0 aromatic heterocycles. The summed E-state index contributed by atoms with van der Waals surface area (Å²) in [6.07, 6.45) is 0. The van der Waals surface area contributed by atoms with E-state index in [4.69, 9.17) is 9.53 Å². The molecule has 0 amide bonds. The molecule has 0 heterocycles. The molecule has 0 bridgehead atoms. The summed E-state index contributed by atoms with van der Waals surface area (Å²) in [5, 5.41) is 9.18. The molecule has 106 valence electrons. The Morgan fingerprint density at radius 2 is 1.89 bits per heavy atom. The van der Waals surface area contributed by atoms with Crippen LogP contribution in [0.15, 0.2) is 24.3 Å². The van der Waals surface area contributed by atoms with Crippen LogP contribution in [0, 0.1) is 0 Å². The molecule has 1 atom stereocenters. The predicted molar refractivity (Wildman–Crippen MR) is 80.3 cm³/mol. The van der Waals surface area contributed by atoms with Gasteiger partial charge in [0, 0.05) is 0 Å². The first-order chi connectivity index (χ1) is 8.54. The molecule has 3 nitrogen and oxygen atoms in total. The Labute approximate surface area is 116 Å². The van der Waals surface area contributed by atoms with Crippen LogP contribution in [-0.4, -0.2) is 19.4 Å². The highest BCUT2D eigenvalue weighted by molar-refractivity contribution is 6.74. The number of carboxylic acid groups (broad SMARTS) is 1. The number of carboxylic acids is 1. The monoisotopic (exact) mass is 280 g/mol. The maximum atomic E-state index is 11.0. The van der Waals surface area contributed by atoms with Crippen molar-refractivity contribution in [3.63, 3.8) is 0 Å². The zero-order valence-electron chi connectivity index (χ0n) is 12.7. The SMILES string of the molecule is CC(C(=O)O)c1cccc(O[Si](C)(C)C(C)(C)C)c1. The number of rotatable bonds is 4. The minimum Gasteiger partial charge on any atom is -0.543 e. The molecule has 1 rings (SSSR count). The van der Waals surface area contributed by atoms with Crippen LogP contribution in [0.4, 0.5) is 0 Å². The third kappa shape index (κ3) is 3.83. The summed E-state index contributed by atoms with van der Waals surface area (Å²) in [6.45, 7) is 12.6. The minimum absolute atomic E-state index is 0.126. The van der Waals surface area contributed by atoms with Crippen molar-refractivity contribution in [2.75, 3.05) is 0 Å². The quantitative estimate of drug-likeness (QED) is 0.838. The fraction of sp³-hybridized carbons (Fsp3) is 0.533. The van der Waals surface area contributed by atoms with Crippen molar-refractivity contribution in [1.29, 1.82) is 0 Å². The van der Waals surface area contributed by atoms with Gasteiger partial charge in [-0.3, -0.25) is 4.79 Å². The average molecular weight is 280 g/mol. The summed E-state index contributed by atoms with van der Waals surface area (Å²) in [5.74, 6) is -0.551. The fourth-order valence-electron chi connectivity index (χ4n) is 1.44. The van der Waals surface area contributed by atoms with E-state index in [-0.39, 0.29) is 5.04 Å². The number of hydrogen-bond acceptors (Lipinski definition) is 2. The zero-order chi connectivity index (χ0) is 14.8. The van der Waals surface area contributed by atoms with Crippen LogP contribution < -0.4 is 4.43 Å². The van der Waals surface area contributed by atoms with Gasteiger partial charge in [-0.1, -0.05) is 32.9 Å². The van der Waals surface area contributed by atoms with Crippen LogP contribution in [0.3, 0.4) is 0 Å². The van der Waals surface area contributed by atoms with Crippen molar-refractivity contribution >= 4 is 14.3 Å². The van der Waals surface area contributed by atoms with Gasteiger partial charge in [0.05, 0.1) is 5.92 Å². The molecule has 1 unspecified atom stereocenters. The molecule has 0 saturated heterocycles. The largest absolute Gasteiger partial charge is 0.543 e. The van der Waals surface area contributed by atoms with Crippen LogP contribution in [0.25, 0.3) is 0 Å². The minimum atomic E-state index is -1.88. The Kier molecular flexibility index (Phi) is 4.45. The summed E-state index contributed by atoms with van der Waals surface area (Å²) in [7, 11) is -1.88. The van der Waals surface area contributed by atoms with Gasteiger partial charge in [-0.15, -0.1) is 0 Å². The van der Waals surface area contributed by atoms with E-state index in [2.05, 4.69) is 33.9 Å². The third-order valence-electron chi connectivity index (χ3n) is 3.91. The van der Waals surface area contributed by atoms with E-state index in [1.54, 1.807) is 6.92 Å². The lowest BCUT2D eigenvalue weighted by Crippen LogP contribution is -2.43. The molecule has 0 aliphatic carbocycles. The highest BCUT2D eigenvalue weighted by atomic mass is 28.4. The molecule has 1 N–H and O–H groups in total. The molecule has 0 radical (unpaired) electrons. The highest BCUT2D eigenvalue weighted by Gasteiger charge is 2.39. The molecule has 1 aromatic carbocycles. The van der Waals surface area contributed by atoms with Crippen molar-refractivity contribution in [2.45, 2.75) is 51.7 Å². The van der Waals surface area contributed by atoms with Crippen molar-refractivity contribution in [3.05, 3.63) is 29.8 Å². The standard InChI is InChI=1S/C15H24O3Si/c1-11(14(16)17)12-8-7-9-13(10-12)18-19(5,6)15(2,3)4/h7-11H,1-6H3,(H,16,17). The van der Waals surface area contributed by atoms with E-state index in [0.29, 0.717) is 0 Å². The molecule has 4 heteroatoms. The second kappa shape index (κ2) is 5.37. The number of benzene rings is 1. The van der Waals surface area contributed by atoms with Gasteiger partial charge in [0.2, 0.25) is 8.32 Å². The molecule has 0 spiro atoms. The molecule has 0 aliphatic heterocycles. The normalized spacial score (nSPS) is 14.0. The third-order valence-corrected chi connectivity index (χ3v) is 8.27. The van der Waals surface area contributed by atoms with Gasteiger partial charge in [-0.2, -0.15) is 0 Å². The van der Waals surface area contributed by atoms with E-state index in [0.717, 1.165) is 11.3 Å². The first-order valence-electron chi connectivity index (χ1n) is 6.56. The van der Waals surface area contributed by atoms with Crippen LogP contribution in [0.1, 0.15) is 39.2 Å². The topological polar surface area (TPSA) is 46.5 Å². The van der Waals surface area contributed by atoms with Crippen LogP contribution in [-0.2, 0) is 4.79 Å². The van der Waals surface area contributed by atoms with Crippen molar-refractivity contribution < 1.29 is 14.3 Å². The van der Waals surface area contributed by atoms with Gasteiger partial charge in [0.15, 0.2) is 0 Å². The Morgan fingerprint density at radius 3 is 2.37 bits per heavy atom. The van der Waals surface area contributed by atoms with Crippen molar-refractivity contribution in [3.8, 4) is 5.75 Å². The van der Waals surface area contributed by atoms with Gasteiger partial charge in [0.1, 0.15) is 5.75 Å². The van der Waals surface area contributed by atoms with Crippen molar-refractivity contribution in [2.24, 2.45) is 0 Å². The summed E-state index contributed by atoms with van der Waals surface area (Å²) in [4.78, 5) is 11.0. The van der Waals surface area contributed by atoms with Gasteiger partial charge in [-0.25, -0.2) is 0 Å². The second-order valence-electron chi connectivity index (χ2n) is 6.49. The molecule has 0 aliphatic rings. The molecule has 0 fully saturated rings. The van der Waals surface area contributed by atoms with E-state index in [1.807, 2.05) is 24.3 Å². The Bertz CT molecular complexity index is 461. The lowest BCUT2D eigenvalue weighted by Gasteiger charge is -2.36. The van der Waals surface area contributed by atoms with E-state index in [9.17, 15) is 4.79 Å². The number of aliphatic carboxylic acids is 1. The highest BCUT2D eigenvalue weighted by Crippen LogP contribution is 2.37. The second-order valence-corrected chi connectivity index (χ2v) is 11.2. The maximum Gasteiger partial charge on any atom is 0.310 e. The zero-order valence-corrected chi connectivity index (χ0v) is 13.7. The molecular weight excluding hydrogens is 256 g/mol. The smallest absolute Gasteiger partial charge is 0.310 e. The van der Waals surface area contributed by atoms with Crippen LogP contribution in [0.2, 0.25) is 18.1 Å². The summed E-state index contributed by atoms with van der Waals surface area (Å²) in [5.41, 5.74) is 0.781. The summed E-state index contributed by atoms with van der Waals surface area (Å²) in [6, 6.07) is 7.44. The van der Waals surface area contributed by atoms with Crippen molar-refractivity contribution in [1.82, 2.24) is 0 Å². The maximum absolute atomic E-state index is 11.0. The van der Waals surface area contributed by atoms with E-state index in [1.165, 1.54) is 0 Å².